The maximum Gasteiger partial charge on any atom is 0.309 e. The van der Waals surface area contributed by atoms with Crippen LogP contribution in [0.5, 0.6) is 0 Å². The Bertz CT molecular complexity index is 323. The van der Waals surface area contributed by atoms with Gasteiger partial charge in [-0.15, -0.1) is 0 Å². The summed E-state index contributed by atoms with van der Waals surface area (Å²) < 4.78 is 0. The summed E-state index contributed by atoms with van der Waals surface area (Å²) in [4.78, 5) is 25.1. The smallest absolute Gasteiger partial charge is 0.309 e. The van der Waals surface area contributed by atoms with Gasteiger partial charge in [-0.25, -0.2) is 0 Å². The summed E-state index contributed by atoms with van der Waals surface area (Å²) in [5.74, 6) is -0.202. The number of amides is 1. The van der Waals surface area contributed by atoms with Crippen molar-refractivity contribution in [1.82, 2.24) is 4.90 Å². The van der Waals surface area contributed by atoms with Crippen molar-refractivity contribution in [2.24, 2.45) is 17.3 Å². The first-order valence-electron chi connectivity index (χ1n) is 6.76. The first kappa shape index (κ1) is 15.0. The van der Waals surface area contributed by atoms with Crippen LogP contribution in [-0.2, 0) is 9.59 Å². The van der Waals surface area contributed by atoms with Crippen LogP contribution >= 0.6 is 0 Å². The average molecular weight is 255 g/mol. The van der Waals surface area contributed by atoms with Crippen molar-refractivity contribution in [3.63, 3.8) is 0 Å². The van der Waals surface area contributed by atoms with Crippen molar-refractivity contribution in [3.05, 3.63) is 0 Å². The lowest BCUT2D eigenvalue weighted by Crippen LogP contribution is -2.47. The highest BCUT2D eigenvalue weighted by atomic mass is 16.4. The number of carboxylic acid groups (broad SMARTS) is 1. The predicted molar refractivity (Wildman–Crippen MR) is 70.2 cm³/mol. The quantitative estimate of drug-likeness (QED) is 0.839. The van der Waals surface area contributed by atoms with E-state index in [2.05, 4.69) is 0 Å². The van der Waals surface area contributed by atoms with Gasteiger partial charge in [0.05, 0.1) is 5.41 Å². The lowest BCUT2D eigenvalue weighted by atomic mass is 9.74. The molecule has 1 heterocycles. The Morgan fingerprint density at radius 1 is 1.39 bits per heavy atom. The molecule has 0 bridgehead atoms. The number of nitrogens with zero attached hydrogens (tertiary/aromatic N) is 1. The van der Waals surface area contributed by atoms with Crippen molar-refractivity contribution in [3.8, 4) is 0 Å². The lowest BCUT2D eigenvalue weighted by molar-refractivity contribution is -0.153. The highest BCUT2D eigenvalue weighted by Crippen LogP contribution is 2.34. The lowest BCUT2D eigenvalue weighted by Gasteiger charge is -2.39. The fourth-order valence-electron chi connectivity index (χ4n) is 2.45. The Balaban J connectivity index is 2.67. The second-order valence-electron chi connectivity index (χ2n) is 6.30. The molecule has 1 rings (SSSR count). The second-order valence-corrected chi connectivity index (χ2v) is 6.30. The zero-order chi connectivity index (χ0) is 13.9. The number of carboxylic acids is 1. The third kappa shape index (κ3) is 3.47. The largest absolute Gasteiger partial charge is 0.481 e. The van der Waals surface area contributed by atoms with E-state index in [4.69, 9.17) is 0 Å². The van der Waals surface area contributed by atoms with Gasteiger partial charge in [-0.1, -0.05) is 13.8 Å². The maximum atomic E-state index is 12.0. The van der Waals surface area contributed by atoms with E-state index in [-0.39, 0.29) is 11.8 Å². The first-order chi connectivity index (χ1) is 8.25. The number of aliphatic carboxylic acids is 1. The van der Waals surface area contributed by atoms with E-state index in [1.807, 2.05) is 18.7 Å². The molecule has 1 unspecified atom stereocenters. The molecule has 0 radical (unpaired) electrons. The van der Waals surface area contributed by atoms with Gasteiger partial charge in [-0.2, -0.15) is 0 Å². The van der Waals surface area contributed by atoms with Gasteiger partial charge in [-0.05, 0) is 38.5 Å². The van der Waals surface area contributed by atoms with Gasteiger partial charge in [0.1, 0.15) is 0 Å². The summed E-state index contributed by atoms with van der Waals surface area (Å²) in [6, 6.07) is 0. The van der Waals surface area contributed by atoms with Crippen LogP contribution in [0.1, 0.15) is 47.0 Å². The average Bonchev–Trinajstić information content (AvgIpc) is 2.28. The van der Waals surface area contributed by atoms with Gasteiger partial charge in [0.25, 0.3) is 0 Å². The molecule has 0 aromatic carbocycles. The standard InChI is InChI=1S/C14H25NO3/c1-10(2)8-12(16)15-7-5-6-11(9-15)14(3,4)13(17)18/h10-11H,5-9H2,1-4H3,(H,17,18). The van der Waals surface area contributed by atoms with E-state index in [1.54, 1.807) is 13.8 Å². The predicted octanol–water partition coefficient (Wildman–Crippen LogP) is 2.38. The van der Waals surface area contributed by atoms with Crippen LogP contribution < -0.4 is 0 Å². The molecule has 0 aromatic rings. The van der Waals surface area contributed by atoms with Crippen LogP contribution in [0.3, 0.4) is 0 Å². The third-order valence-electron chi connectivity index (χ3n) is 3.93. The number of piperidine rings is 1. The molecule has 4 nitrogen and oxygen atoms in total. The minimum atomic E-state index is -0.773. The van der Waals surface area contributed by atoms with Gasteiger partial charge >= 0.3 is 5.97 Å². The summed E-state index contributed by atoms with van der Waals surface area (Å²) >= 11 is 0. The van der Waals surface area contributed by atoms with E-state index in [0.717, 1.165) is 19.4 Å². The highest BCUT2D eigenvalue weighted by Gasteiger charge is 2.39. The molecule has 4 heteroatoms. The number of carbonyl (C=O) groups is 2. The Labute approximate surface area is 109 Å². The van der Waals surface area contributed by atoms with Crippen LogP contribution in [0.15, 0.2) is 0 Å². The third-order valence-corrected chi connectivity index (χ3v) is 3.93. The molecule has 1 fully saturated rings. The summed E-state index contributed by atoms with van der Waals surface area (Å²) in [6.07, 6.45) is 2.36. The minimum Gasteiger partial charge on any atom is -0.481 e. The van der Waals surface area contributed by atoms with E-state index in [0.29, 0.717) is 18.9 Å². The van der Waals surface area contributed by atoms with Crippen LogP contribution in [0, 0.1) is 17.3 Å². The molecular formula is C14H25NO3. The molecule has 18 heavy (non-hydrogen) atoms. The number of carbonyl (C=O) groups excluding carboxylic acids is 1. The van der Waals surface area contributed by atoms with Gasteiger partial charge in [0.2, 0.25) is 5.91 Å². The highest BCUT2D eigenvalue weighted by molar-refractivity contribution is 5.77. The summed E-state index contributed by atoms with van der Waals surface area (Å²) in [6.45, 7) is 8.94. The monoisotopic (exact) mass is 255 g/mol. The van der Waals surface area contributed by atoms with E-state index < -0.39 is 11.4 Å². The first-order valence-corrected chi connectivity index (χ1v) is 6.76. The summed E-state index contributed by atoms with van der Waals surface area (Å²) in [5, 5.41) is 9.26. The van der Waals surface area contributed by atoms with Crippen molar-refractivity contribution in [1.29, 1.82) is 0 Å². The van der Waals surface area contributed by atoms with Crippen molar-refractivity contribution in [2.75, 3.05) is 13.1 Å². The Morgan fingerprint density at radius 3 is 2.50 bits per heavy atom. The van der Waals surface area contributed by atoms with Crippen LogP contribution in [-0.4, -0.2) is 35.0 Å². The molecule has 1 N–H and O–H groups in total. The van der Waals surface area contributed by atoms with Crippen LogP contribution in [0.2, 0.25) is 0 Å². The molecule has 0 saturated carbocycles. The normalized spacial score (nSPS) is 21.2. The maximum absolute atomic E-state index is 12.0. The van der Waals surface area contributed by atoms with Crippen molar-refractivity contribution in [2.45, 2.75) is 47.0 Å². The fraction of sp³-hybridized carbons (Fsp3) is 0.857. The van der Waals surface area contributed by atoms with E-state index >= 15 is 0 Å². The molecule has 104 valence electrons. The zero-order valence-corrected chi connectivity index (χ0v) is 11.9. The summed E-state index contributed by atoms with van der Waals surface area (Å²) in [5.41, 5.74) is -0.753. The zero-order valence-electron chi connectivity index (χ0n) is 11.9. The molecule has 1 amide bonds. The van der Waals surface area contributed by atoms with Crippen molar-refractivity contribution >= 4 is 11.9 Å². The van der Waals surface area contributed by atoms with Gasteiger partial charge < -0.3 is 10.0 Å². The van der Waals surface area contributed by atoms with Crippen LogP contribution in [0.4, 0.5) is 0 Å². The molecule has 0 spiro atoms. The van der Waals surface area contributed by atoms with Gasteiger partial charge in [0, 0.05) is 19.5 Å². The number of rotatable bonds is 4. The number of likely N-dealkylation sites (tertiary alicyclic amines) is 1. The SMILES string of the molecule is CC(C)CC(=O)N1CCCC(C(C)(C)C(=O)O)C1. The number of hydrogen-bond donors (Lipinski definition) is 1. The molecule has 1 saturated heterocycles. The van der Waals surface area contributed by atoms with Gasteiger partial charge in [0.15, 0.2) is 0 Å². The number of hydrogen-bond acceptors (Lipinski definition) is 2. The molecule has 0 aliphatic carbocycles. The molecule has 1 aliphatic heterocycles. The Hall–Kier alpha value is -1.06. The van der Waals surface area contributed by atoms with E-state index in [1.165, 1.54) is 0 Å². The minimum absolute atomic E-state index is 0.0554. The van der Waals surface area contributed by atoms with Crippen LogP contribution in [0.25, 0.3) is 0 Å². The molecular weight excluding hydrogens is 230 g/mol. The topological polar surface area (TPSA) is 57.6 Å². The molecule has 0 aromatic heterocycles. The molecule has 1 atom stereocenters. The Kier molecular flexibility index (Phi) is 4.77. The summed E-state index contributed by atoms with van der Waals surface area (Å²) in [7, 11) is 0. The van der Waals surface area contributed by atoms with Crippen molar-refractivity contribution < 1.29 is 14.7 Å². The van der Waals surface area contributed by atoms with E-state index in [9.17, 15) is 14.7 Å². The fourth-order valence-corrected chi connectivity index (χ4v) is 2.45. The second kappa shape index (κ2) is 5.72. The molecule has 1 aliphatic rings. The Morgan fingerprint density at radius 2 is 2.00 bits per heavy atom. The van der Waals surface area contributed by atoms with Gasteiger partial charge in [-0.3, -0.25) is 9.59 Å².